The van der Waals surface area contributed by atoms with E-state index < -0.39 is 0 Å². The molecule has 37 heavy (non-hydrogen) atoms. The van der Waals surface area contributed by atoms with E-state index in [1.807, 2.05) is 79.7 Å². The number of thiazole rings is 1. The van der Waals surface area contributed by atoms with Gasteiger partial charge in [-0.2, -0.15) is 0 Å². The molecule has 0 radical (unpaired) electrons. The molecule has 1 aromatic heterocycles. The monoisotopic (exact) mass is 513 g/mol. The summed E-state index contributed by atoms with van der Waals surface area (Å²) in [5, 5.41) is 4.54. The first-order valence-corrected chi connectivity index (χ1v) is 13.5. The Hall–Kier alpha value is -3.68. The van der Waals surface area contributed by atoms with E-state index >= 15 is 0 Å². The van der Waals surface area contributed by atoms with Gasteiger partial charge in [0, 0.05) is 31.2 Å². The quantitative estimate of drug-likeness (QED) is 0.257. The number of aromatic nitrogens is 1. The van der Waals surface area contributed by atoms with E-state index in [2.05, 4.69) is 22.3 Å². The number of hydrogen-bond acceptors (Lipinski definition) is 7. The normalized spacial score (nSPS) is 13.9. The fourth-order valence-corrected chi connectivity index (χ4v) is 5.41. The van der Waals surface area contributed by atoms with Gasteiger partial charge < -0.3 is 19.7 Å². The number of carbonyl (C=O) groups is 1. The number of hydrogen-bond donors (Lipinski definition) is 1. The molecule has 0 aliphatic carbocycles. The van der Waals surface area contributed by atoms with Gasteiger partial charge in [-0.3, -0.25) is 0 Å². The second-order valence-electron chi connectivity index (χ2n) is 8.96. The maximum Gasteiger partial charge on any atom is 0.352 e. The van der Waals surface area contributed by atoms with Gasteiger partial charge in [0.05, 0.1) is 6.61 Å². The van der Waals surface area contributed by atoms with Crippen LogP contribution in [-0.2, 0) is 11.3 Å². The summed E-state index contributed by atoms with van der Waals surface area (Å²) in [6.45, 7) is 4.66. The molecular weight excluding hydrogens is 482 g/mol. The number of benzene rings is 3. The van der Waals surface area contributed by atoms with Crippen LogP contribution in [0, 0.1) is 0 Å². The number of piperidine rings is 1. The molecule has 1 aliphatic heterocycles. The number of carbonyl (C=O) groups excluding carboxylic acids is 1. The number of nitrogens with one attached hydrogen (secondary N) is 1. The van der Waals surface area contributed by atoms with Gasteiger partial charge in [0.25, 0.3) is 0 Å². The number of para-hydroxylation sites is 1. The van der Waals surface area contributed by atoms with E-state index in [0.717, 1.165) is 60.4 Å². The highest BCUT2D eigenvalue weighted by Crippen LogP contribution is 2.35. The summed E-state index contributed by atoms with van der Waals surface area (Å²) in [6, 6.07) is 28.4. The van der Waals surface area contributed by atoms with E-state index in [4.69, 9.17) is 14.5 Å². The Kier molecular flexibility index (Phi) is 8.13. The van der Waals surface area contributed by atoms with Gasteiger partial charge in [-0.1, -0.05) is 60.7 Å². The maximum absolute atomic E-state index is 12.7. The van der Waals surface area contributed by atoms with E-state index in [1.54, 1.807) is 0 Å². The van der Waals surface area contributed by atoms with Crippen molar-refractivity contribution in [2.75, 3.05) is 24.6 Å². The molecule has 2 heterocycles. The molecule has 1 aliphatic rings. The molecular formula is C30H31N3O3S. The van der Waals surface area contributed by atoms with Gasteiger partial charge in [-0.25, -0.2) is 9.78 Å². The molecule has 1 fully saturated rings. The second kappa shape index (κ2) is 12.0. The molecule has 5 rings (SSSR count). The standard InChI is InChI=1S/C30H31N3O3S/c1-2-35-30(34)27-28(32-29(37-27)23-9-5-3-6-10-23)33-19-17-24(18-20-33)31-21-22-13-15-26(16-14-22)36-25-11-7-4-8-12-25/h3-16,24,31H,2,17-21H2,1H3. The van der Waals surface area contributed by atoms with Crippen molar-refractivity contribution in [2.45, 2.75) is 32.4 Å². The fraction of sp³-hybridized carbons (Fsp3) is 0.267. The molecule has 0 bridgehead atoms. The summed E-state index contributed by atoms with van der Waals surface area (Å²) < 4.78 is 11.2. The zero-order chi connectivity index (χ0) is 25.5. The van der Waals surface area contributed by atoms with Crippen LogP contribution in [0.1, 0.15) is 35.0 Å². The van der Waals surface area contributed by atoms with Gasteiger partial charge in [-0.15, -0.1) is 11.3 Å². The number of anilines is 1. The third kappa shape index (κ3) is 6.37. The summed E-state index contributed by atoms with van der Waals surface area (Å²) in [5.41, 5.74) is 2.24. The molecule has 0 spiro atoms. The maximum atomic E-state index is 12.7. The van der Waals surface area contributed by atoms with Gasteiger partial charge in [0.15, 0.2) is 10.7 Å². The first-order chi connectivity index (χ1) is 18.2. The van der Waals surface area contributed by atoms with Crippen LogP contribution in [0.25, 0.3) is 10.6 Å². The Balaban J connectivity index is 1.17. The van der Waals surface area contributed by atoms with Crippen molar-refractivity contribution in [2.24, 2.45) is 0 Å². The Labute approximate surface area is 221 Å². The molecule has 0 atom stereocenters. The lowest BCUT2D eigenvalue weighted by Gasteiger charge is -2.33. The molecule has 3 aromatic carbocycles. The minimum atomic E-state index is -0.294. The Morgan fingerprint density at radius 1 is 0.946 bits per heavy atom. The first kappa shape index (κ1) is 25.0. The third-order valence-electron chi connectivity index (χ3n) is 6.38. The van der Waals surface area contributed by atoms with Gasteiger partial charge in [-0.05, 0) is 49.6 Å². The molecule has 0 saturated carbocycles. The number of esters is 1. The highest BCUT2D eigenvalue weighted by atomic mass is 32.1. The van der Waals surface area contributed by atoms with Crippen LogP contribution in [0.4, 0.5) is 5.82 Å². The van der Waals surface area contributed by atoms with E-state index in [-0.39, 0.29) is 5.97 Å². The summed E-state index contributed by atoms with van der Waals surface area (Å²) in [5.74, 6) is 2.12. The molecule has 1 saturated heterocycles. The Morgan fingerprint density at radius 2 is 1.59 bits per heavy atom. The highest BCUT2D eigenvalue weighted by molar-refractivity contribution is 7.17. The Morgan fingerprint density at radius 3 is 2.27 bits per heavy atom. The van der Waals surface area contributed by atoms with Crippen LogP contribution in [0.3, 0.4) is 0 Å². The van der Waals surface area contributed by atoms with Crippen LogP contribution in [0.15, 0.2) is 84.9 Å². The molecule has 6 nitrogen and oxygen atoms in total. The molecule has 0 unspecified atom stereocenters. The number of rotatable bonds is 9. The van der Waals surface area contributed by atoms with E-state index in [9.17, 15) is 4.79 Å². The summed E-state index contributed by atoms with van der Waals surface area (Å²) in [4.78, 5) is 20.4. The summed E-state index contributed by atoms with van der Waals surface area (Å²) >= 11 is 1.41. The minimum Gasteiger partial charge on any atom is -0.462 e. The lowest BCUT2D eigenvalue weighted by atomic mass is 10.0. The predicted molar refractivity (Wildman–Crippen MR) is 149 cm³/mol. The van der Waals surface area contributed by atoms with Crippen LogP contribution >= 0.6 is 11.3 Å². The molecule has 1 N–H and O–H groups in total. The largest absolute Gasteiger partial charge is 0.462 e. The molecule has 190 valence electrons. The topological polar surface area (TPSA) is 63.7 Å². The van der Waals surface area contributed by atoms with Gasteiger partial charge in [0.1, 0.15) is 16.5 Å². The first-order valence-electron chi connectivity index (χ1n) is 12.7. The second-order valence-corrected chi connectivity index (χ2v) is 9.96. The number of nitrogens with zero attached hydrogens (tertiary/aromatic N) is 2. The van der Waals surface area contributed by atoms with Crippen LogP contribution < -0.4 is 15.0 Å². The lowest BCUT2D eigenvalue weighted by molar-refractivity contribution is 0.0532. The van der Waals surface area contributed by atoms with Crippen molar-refractivity contribution in [1.29, 1.82) is 0 Å². The predicted octanol–water partition coefficient (Wildman–Crippen LogP) is 6.54. The van der Waals surface area contributed by atoms with Gasteiger partial charge in [0.2, 0.25) is 0 Å². The van der Waals surface area contributed by atoms with Crippen molar-refractivity contribution in [3.63, 3.8) is 0 Å². The molecule has 4 aromatic rings. The SMILES string of the molecule is CCOC(=O)c1sc(-c2ccccc2)nc1N1CCC(NCc2ccc(Oc3ccccc3)cc2)CC1. The summed E-state index contributed by atoms with van der Waals surface area (Å²) in [6.07, 6.45) is 1.96. The summed E-state index contributed by atoms with van der Waals surface area (Å²) in [7, 11) is 0. The third-order valence-corrected chi connectivity index (χ3v) is 7.46. The van der Waals surface area contributed by atoms with Crippen molar-refractivity contribution >= 4 is 23.1 Å². The lowest BCUT2D eigenvalue weighted by Crippen LogP contribution is -2.42. The van der Waals surface area contributed by atoms with Crippen molar-refractivity contribution in [3.8, 4) is 22.1 Å². The van der Waals surface area contributed by atoms with Crippen LogP contribution in [0.5, 0.6) is 11.5 Å². The minimum absolute atomic E-state index is 0.294. The zero-order valence-electron chi connectivity index (χ0n) is 20.9. The average molecular weight is 514 g/mol. The highest BCUT2D eigenvalue weighted by Gasteiger charge is 2.27. The number of ether oxygens (including phenoxy) is 2. The van der Waals surface area contributed by atoms with Crippen molar-refractivity contribution in [1.82, 2.24) is 10.3 Å². The Bertz CT molecular complexity index is 1280. The van der Waals surface area contributed by atoms with Crippen LogP contribution in [-0.4, -0.2) is 36.7 Å². The van der Waals surface area contributed by atoms with Crippen molar-refractivity contribution in [3.05, 3.63) is 95.4 Å². The zero-order valence-corrected chi connectivity index (χ0v) is 21.7. The molecule has 0 amide bonds. The van der Waals surface area contributed by atoms with Gasteiger partial charge >= 0.3 is 5.97 Å². The smallest absolute Gasteiger partial charge is 0.352 e. The average Bonchev–Trinajstić information content (AvgIpc) is 3.40. The molecule has 7 heteroatoms. The van der Waals surface area contributed by atoms with E-state index in [1.165, 1.54) is 16.9 Å². The van der Waals surface area contributed by atoms with Crippen molar-refractivity contribution < 1.29 is 14.3 Å². The van der Waals surface area contributed by atoms with E-state index in [0.29, 0.717) is 17.5 Å². The van der Waals surface area contributed by atoms with Crippen LogP contribution in [0.2, 0.25) is 0 Å². The fourth-order valence-electron chi connectivity index (χ4n) is 4.42.